The fourth-order valence-corrected chi connectivity index (χ4v) is 3.41. The molecular weight excluding hydrogens is 232 g/mol. The van der Waals surface area contributed by atoms with Crippen LogP contribution in [0.5, 0.6) is 0 Å². The summed E-state index contributed by atoms with van der Waals surface area (Å²) >= 11 is 3.59. The van der Waals surface area contributed by atoms with Crippen LogP contribution in [0, 0.1) is 0 Å². The topological polar surface area (TPSA) is 68.7 Å². The molecule has 1 rings (SSSR count). The molecule has 0 saturated carbocycles. The van der Waals surface area contributed by atoms with Crippen molar-refractivity contribution in [2.45, 2.75) is 36.4 Å². The van der Waals surface area contributed by atoms with Gasteiger partial charge < -0.3 is 0 Å². The van der Waals surface area contributed by atoms with Crippen molar-refractivity contribution in [1.82, 2.24) is 16.3 Å². The summed E-state index contributed by atoms with van der Waals surface area (Å²) in [5.74, 6) is 1.18. The lowest BCUT2D eigenvalue weighted by molar-refractivity contribution is 0.239. The van der Waals surface area contributed by atoms with Crippen molar-refractivity contribution in [2.24, 2.45) is 4.99 Å². The van der Waals surface area contributed by atoms with Gasteiger partial charge in [0.2, 0.25) is 0 Å². The first-order valence-electron chi connectivity index (χ1n) is 5.06. The van der Waals surface area contributed by atoms with Crippen LogP contribution in [0.1, 0.15) is 26.2 Å². The summed E-state index contributed by atoms with van der Waals surface area (Å²) in [5, 5.41) is 8.33. The molecule has 2 unspecified atom stereocenters. The van der Waals surface area contributed by atoms with Crippen LogP contribution in [0.3, 0.4) is 0 Å². The molecular formula is C8H18N4OS2. The first-order chi connectivity index (χ1) is 7.36. The molecule has 7 heteroatoms. The molecule has 15 heavy (non-hydrogen) atoms. The monoisotopic (exact) mass is 250 g/mol. The molecule has 0 spiro atoms. The van der Waals surface area contributed by atoms with Gasteiger partial charge in [-0.15, -0.1) is 11.8 Å². The van der Waals surface area contributed by atoms with Gasteiger partial charge in [-0.1, -0.05) is 31.5 Å². The summed E-state index contributed by atoms with van der Waals surface area (Å²) < 4.78 is 0.350. The molecule has 5 nitrogen and oxygen atoms in total. The van der Waals surface area contributed by atoms with Crippen molar-refractivity contribution < 1.29 is 5.21 Å². The predicted molar refractivity (Wildman–Crippen MR) is 66.8 cm³/mol. The molecule has 0 aromatic heterocycles. The van der Waals surface area contributed by atoms with Crippen LogP contribution in [0.4, 0.5) is 0 Å². The predicted octanol–water partition coefficient (Wildman–Crippen LogP) is 1.33. The zero-order valence-electron chi connectivity index (χ0n) is 8.77. The van der Waals surface area contributed by atoms with Crippen LogP contribution >= 0.6 is 23.5 Å². The van der Waals surface area contributed by atoms with Crippen LogP contribution < -0.4 is 16.3 Å². The Kier molecular flexibility index (Phi) is 7.20. The maximum Gasteiger partial charge on any atom is 0.163 e. The van der Waals surface area contributed by atoms with E-state index in [0.717, 1.165) is 0 Å². The number of aliphatic imine (C=N–C) groups is 1. The summed E-state index contributed by atoms with van der Waals surface area (Å²) in [7, 11) is 0. The summed E-state index contributed by atoms with van der Waals surface area (Å²) in [5.41, 5.74) is 8.04. The molecule has 1 aliphatic rings. The smallest absolute Gasteiger partial charge is 0.163 e. The molecule has 0 aromatic carbocycles. The summed E-state index contributed by atoms with van der Waals surface area (Å²) in [6, 6.07) is 0. The Bertz CT molecular complexity index is 193. The van der Waals surface area contributed by atoms with Crippen LogP contribution in [-0.2, 0) is 0 Å². The SMILES string of the molecule is CCCCCSC1NNC(N=CNO)S1. The lowest BCUT2D eigenvalue weighted by Gasteiger charge is -2.06. The van der Waals surface area contributed by atoms with E-state index in [0.29, 0.717) is 4.71 Å². The molecule has 0 aliphatic carbocycles. The first kappa shape index (κ1) is 13.1. The van der Waals surface area contributed by atoms with Crippen LogP contribution in [0.25, 0.3) is 0 Å². The quantitative estimate of drug-likeness (QED) is 0.236. The Morgan fingerprint density at radius 1 is 1.53 bits per heavy atom. The second-order valence-electron chi connectivity index (χ2n) is 3.09. The number of hydrogen-bond acceptors (Lipinski definition) is 6. The Hall–Kier alpha value is 0.0500. The minimum Gasteiger partial charge on any atom is -0.290 e. The minimum atomic E-state index is -0.0201. The molecule has 0 radical (unpaired) electrons. The zero-order valence-corrected chi connectivity index (χ0v) is 10.4. The number of rotatable bonds is 7. The van der Waals surface area contributed by atoms with Gasteiger partial charge in [0.1, 0.15) is 11.0 Å². The fraction of sp³-hybridized carbons (Fsp3) is 0.875. The third-order valence-corrected chi connectivity index (χ3v) is 4.41. The van der Waals surface area contributed by atoms with E-state index in [1.54, 1.807) is 11.8 Å². The molecule has 4 N–H and O–H groups in total. The van der Waals surface area contributed by atoms with Crippen molar-refractivity contribution in [3.05, 3.63) is 0 Å². The highest BCUT2D eigenvalue weighted by Gasteiger charge is 2.22. The van der Waals surface area contributed by atoms with Crippen molar-refractivity contribution >= 4 is 29.9 Å². The second-order valence-corrected chi connectivity index (χ2v) is 5.80. The molecule has 2 atom stereocenters. The molecule has 1 aliphatic heterocycles. The molecule has 1 saturated heterocycles. The van der Waals surface area contributed by atoms with E-state index in [-0.39, 0.29) is 5.50 Å². The number of hydrazine groups is 1. The van der Waals surface area contributed by atoms with E-state index in [9.17, 15) is 0 Å². The second kappa shape index (κ2) is 8.23. The van der Waals surface area contributed by atoms with Gasteiger partial charge in [0.25, 0.3) is 0 Å². The number of nitrogens with one attached hydrogen (secondary N) is 3. The van der Waals surface area contributed by atoms with Crippen molar-refractivity contribution in [1.29, 1.82) is 0 Å². The highest BCUT2D eigenvalue weighted by molar-refractivity contribution is 8.17. The average Bonchev–Trinajstić information content (AvgIpc) is 2.69. The Morgan fingerprint density at radius 2 is 2.40 bits per heavy atom. The zero-order chi connectivity index (χ0) is 10.9. The largest absolute Gasteiger partial charge is 0.290 e. The van der Waals surface area contributed by atoms with Gasteiger partial charge in [0.15, 0.2) is 5.50 Å². The Morgan fingerprint density at radius 3 is 3.13 bits per heavy atom. The third-order valence-electron chi connectivity index (χ3n) is 1.86. The molecule has 0 bridgehead atoms. The van der Waals surface area contributed by atoms with E-state index in [2.05, 4.69) is 22.8 Å². The van der Waals surface area contributed by atoms with Gasteiger partial charge in [-0.3, -0.25) is 10.7 Å². The lowest BCUT2D eigenvalue weighted by atomic mass is 10.3. The van der Waals surface area contributed by atoms with Crippen molar-refractivity contribution in [3.8, 4) is 0 Å². The number of unbranched alkanes of at least 4 members (excludes halogenated alkanes) is 2. The highest BCUT2D eigenvalue weighted by Crippen LogP contribution is 2.29. The van der Waals surface area contributed by atoms with E-state index >= 15 is 0 Å². The Labute approximate surface area is 98.8 Å². The van der Waals surface area contributed by atoms with Gasteiger partial charge in [-0.2, -0.15) is 0 Å². The van der Waals surface area contributed by atoms with Crippen LogP contribution in [0.15, 0.2) is 4.99 Å². The summed E-state index contributed by atoms with van der Waals surface area (Å²) in [4.78, 5) is 4.03. The fourth-order valence-electron chi connectivity index (χ4n) is 1.12. The van der Waals surface area contributed by atoms with Gasteiger partial charge in [-0.05, 0) is 12.2 Å². The number of hydrogen-bond donors (Lipinski definition) is 4. The highest BCUT2D eigenvalue weighted by atomic mass is 32.2. The number of nitrogens with zero attached hydrogens (tertiary/aromatic N) is 1. The van der Waals surface area contributed by atoms with Crippen molar-refractivity contribution in [2.75, 3.05) is 5.75 Å². The Balaban J connectivity index is 2.05. The molecule has 0 aromatic rings. The van der Waals surface area contributed by atoms with E-state index in [1.165, 1.54) is 31.4 Å². The lowest BCUT2D eigenvalue weighted by Crippen LogP contribution is -2.31. The standard InChI is InChI=1S/C8H18N4OS2/c1-2-3-4-5-14-8-12-11-7(15-8)9-6-10-13/h6-8,11-13H,2-5H2,1H3,(H,9,10). The molecule has 0 amide bonds. The molecule has 1 heterocycles. The minimum absolute atomic E-state index is 0.0201. The normalized spacial score (nSPS) is 26.3. The number of hydroxylamine groups is 1. The van der Waals surface area contributed by atoms with Crippen LogP contribution in [-0.4, -0.2) is 27.5 Å². The summed E-state index contributed by atoms with van der Waals surface area (Å²) in [6.07, 6.45) is 5.11. The van der Waals surface area contributed by atoms with Gasteiger partial charge in [0.05, 0.1) is 0 Å². The first-order valence-corrected chi connectivity index (χ1v) is 7.05. The van der Waals surface area contributed by atoms with Gasteiger partial charge in [-0.25, -0.2) is 15.8 Å². The maximum absolute atomic E-state index is 8.33. The van der Waals surface area contributed by atoms with E-state index < -0.39 is 0 Å². The molecule has 88 valence electrons. The van der Waals surface area contributed by atoms with E-state index in [1.807, 2.05) is 17.2 Å². The van der Waals surface area contributed by atoms with Crippen molar-refractivity contribution in [3.63, 3.8) is 0 Å². The van der Waals surface area contributed by atoms with E-state index in [4.69, 9.17) is 5.21 Å². The van der Waals surface area contributed by atoms with Gasteiger partial charge >= 0.3 is 0 Å². The average molecular weight is 250 g/mol. The molecule has 1 fully saturated rings. The van der Waals surface area contributed by atoms with Crippen LogP contribution in [0.2, 0.25) is 0 Å². The third kappa shape index (κ3) is 5.62. The number of thioether (sulfide) groups is 2. The maximum atomic E-state index is 8.33. The van der Waals surface area contributed by atoms with Gasteiger partial charge in [0, 0.05) is 0 Å². The summed E-state index contributed by atoms with van der Waals surface area (Å²) in [6.45, 7) is 2.21.